The molecule has 4 rings (SSSR count). The third kappa shape index (κ3) is 3.19. The number of methoxy groups -OCH3 is 1. The number of pyridine rings is 1. The second-order valence-corrected chi connectivity index (χ2v) is 5.79. The van der Waals surface area contributed by atoms with Gasteiger partial charge in [-0.2, -0.15) is 0 Å². The fraction of sp³-hybridized carbons (Fsp3) is 0.0952. The molecule has 3 aromatic rings. The molecule has 2 heterocycles. The van der Waals surface area contributed by atoms with Crippen molar-refractivity contribution in [1.82, 2.24) is 4.98 Å². The molecule has 0 atom stereocenters. The first-order chi connectivity index (χ1) is 12.7. The Labute approximate surface area is 150 Å². The predicted octanol–water partition coefficient (Wildman–Crippen LogP) is 4.59. The highest BCUT2D eigenvalue weighted by atomic mass is 16.7. The summed E-state index contributed by atoms with van der Waals surface area (Å²) in [5, 5.41) is 11.3. The summed E-state index contributed by atoms with van der Waals surface area (Å²) in [7, 11) is 1.51. The lowest BCUT2D eigenvalue weighted by molar-refractivity contribution is 0.151. The third-order valence-corrected chi connectivity index (χ3v) is 4.06. The van der Waals surface area contributed by atoms with E-state index in [-0.39, 0.29) is 5.76 Å². The van der Waals surface area contributed by atoms with Crippen LogP contribution in [0.25, 0.3) is 16.7 Å². The Morgan fingerprint density at radius 3 is 2.81 bits per heavy atom. The van der Waals surface area contributed by atoms with Crippen LogP contribution >= 0.6 is 0 Å². The summed E-state index contributed by atoms with van der Waals surface area (Å²) >= 11 is 0. The number of aromatic nitrogens is 1. The van der Waals surface area contributed by atoms with E-state index in [2.05, 4.69) is 4.98 Å². The highest BCUT2D eigenvalue weighted by Gasteiger charge is 2.15. The van der Waals surface area contributed by atoms with E-state index in [4.69, 9.17) is 14.2 Å². The molecule has 0 radical (unpaired) electrons. The zero-order chi connectivity index (χ0) is 17.9. The van der Waals surface area contributed by atoms with Crippen molar-refractivity contribution >= 4 is 16.7 Å². The van der Waals surface area contributed by atoms with Gasteiger partial charge in [0.05, 0.1) is 23.9 Å². The minimum Gasteiger partial charge on any atom is -0.507 e. The van der Waals surface area contributed by atoms with Gasteiger partial charge in [-0.3, -0.25) is 0 Å². The molecule has 0 fully saturated rings. The average molecular weight is 347 g/mol. The Kier molecular flexibility index (Phi) is 4.19. The monoisotopic (exact) mass is 347 g/mol. The van der Waals surface area contributed by atoms with Crippen LogP contribution in [0.4, 0.5) is 0 Å². The minimum atomic E-state index is 0.0846. The highest BCUT2D eigenvalue weighted by molar-refractivity contribution is 5.78. The minimum absolute atomic E-state index is 0.0846. The number of rotatable bonds is 4. The molecular formula is C21H17NO4. The summed E-state index contributed by atoms with van der Waals surface area (Å²) in [5.41, 5.74) is 2.30. The van der Waals surface area contributed by atoms with Crippen LogP contribution < -0.4 is 9.47 Å². The molecule has 5 heteroatoms. The lowest BCUT2D eigenvalue weighted by Gasteiger charge is -2.12. The number of hydrogen-bond acceptors (Lipinski definition) is 5. The molecule has 0 spiro atoms. The van der Waals surface area contributed by atoms with E-state index in [1.165, 1.54) is 13.2 Å². The molecule has 1 aromatic heterocycles. The van der Waals surface area contributed by atoms with Crippen molar-refractivity contribution < 1.29 is 19.3 Å². The van der Waals surface area contributed by atoms with E-state index >= 15 is 0 Å². The smallest absolute Gasteiger partial charge is 0.284 e. The quantitative estimate of drug-likeness (QED) is 0.748. The van der Waals surface area contributed by atoms with Crippen LogP contribution in [-0.2, 0) is 11.3 Å². The van der Waals surface area contributed by atoms with Gasteiger partial charge in [-0.15, -0.1) is 0 Å². The zero-order valence-electron chi connectivity index (χ0n) is 14.2. The van der Waals surface area contributed by atoms with Gasteiger partial charge < -0.3 is 19.3 Å². The van der Waals surface area contributed by atoms with E-state index in [0.717, 1.165) is 16.6 Å². The molecule has 0 unspecified atom stereocenters. The lowest BCUT2D eigenvalue weighted by atomic mass is 10.1. The topological polar surface area (TPSA) is 60.8 Å². The Balaban J connectivity index is 1.54. The number of aliphatic hydroxyl groups is 1. The van der Waals surface area contributed by atoms with Crippen molar-refractivity contribution in [1.29, 1.82) is 0 Å². The van der Waals surface area contributed by atoms with Crippen LogP contribution in [0.1, 0.15) is 11.3 Å². The Morgan fingerprint density at radius 2 is 1.92 bits per heavy atom. The SMILES string of the molecule is COC1=CC=C(O)c2cc(OCc3ccc4ccccc4n3)ccc2O1. The maximum Gasteiger partial charge on any atom is 0.284 e. The summed E-state index contributed by atoms with van der Waals surface area (Å²) in [6.45, 7) is 0.330. The third-order valence-electron chi connectivity index (χ3n) is 4.06. The number of allylic oxidation sites excluding steroid dienone is 2. The average Bonchev–Trinajstić information content (AvgIpc) is 2.85. The van der Waals surface area contributed by atoms with Crippen LogP contribution in [0.15, 0.2) is 72.7 Å². The summed E-state index contributed by atoms with van der Waals surface area (Å²) in [5.74, 6) is 1.51. The van der Waals surface area contributed by atoms with Crippen LogP contribution in [0.3, 0.4) is 0 Å². The summed E-state index contributed by atoms with van der Waals surface area (Å²) in [4.78, 5) is 4.59. The van der Waals surface area contributed by atoms with Crippen LogP contribution in [0, 0.1) is 0 Å². The van der Waals surface area contributed by atoms with Crippen molar-refractivity contribution in [2.24, 2.45) is 0 Å². The Bertz CT molecular complexity index is 1020. The summed E-state index contributed by atoms with van der Waals surface area (Å²) < 4.78 is 16.5. The molecule has 26 heavy (non-hydrogen) atoms. The Morgan fingerprint density at radius 1 is 1.04 bits per heavy atom. The normalized spacial score (nSPS) is 13.1. The number of fused-ring (bicyclic) bond motifs is 2. The molecule has 130 valence electrons. The standard InChI is InChI=1S/C21H17NO4/c1-24-21-11-9-19(23)17-12-16(8-10-20(17)26-21)25-13-15-7-6-14-4-2-3-5-18(14)22-15/h2-12,23H,13H2,1H3. The van der Waals surface area contributed by atoms with Crippen molar-refractivity contribution in [3.63, 3.8) is 0 Å². The van der Waals surface area contributed by atoms with Gasteiger partial charge in [0, 0.05) is 11.5 Å². The number of hydrogen-bond donors (Lipinski definition) is 1. The molecule has 1 N–H and O–H groups in total. The molecular weight excluding hydrogens is 330 g/mol. The first-order valence-corrected chi connectivity index (χ1v) is 8.17. The van der Waals surface area contributed by atoms with E-state index in [1.807, 2.05) is 36.4 Å². The first kappa shape index (κ1) is 16.0. The highest BCUT2D eigenvalue weighted by Crippen LogP contribution is 2.32. The fourth-order valence-corrected chi connectivity index (χ4v) is 2.72. The Hall–Kier alpha value is -3.47. The maximum atomic E-state index is 10.2. The van der Waals surface area contributed by atoms with Crippen LogP contribution in [-0.4, -0.2) is 17.2 Å². The molecule has 1 aliphatic rings. The molecule has 0 saturated heterocycles. The van der Waals surface area contributed by atoms with Crippen molar-refractivity contribution in [3.8, 4) is 11.5 Å². The van der Waals surface area contributed by atoms with Gasteiger partial charge in [0.15, 0.2) is 0 Å². The number of benzene rings is 2. The molecule has 0 amide bonds. The molecule has 0 saturated carbocycles. The second kappa shape index (κ2) is 6.80. The van der Waals surface area contributed by atoms with E-state index in [1.54, 1.807) is 24.3 Å². The molecule has 5 nitrogen and oxygen atoms in total. The zero-order valence-corrected chi connectivity index (χ0v) is 14.2. The van der Waals surface area contributed by atoms with Crippen molar-refractivity contribution in [2.75, 3.05) is 7.11 Å². The molecule has 1 aliphatic heterocycles. The number of para-hydroxylation sites is 1. The van der Waals surface area contributed by atoms with E-state index < -0.39 is 0 Å². The van der Waals surface area contributed by atoms with Crippen molar-refractivity contribution in [2.45, 2.75) is 6.61 Å². The van der Waals surface area contributed by atoms with Gasteiger partial charge in [-0.1, -0.05) is 24.3 Å². The van der Waals surface area contributed by atoms with Gasteiger partial charge in [-0.05, 0) is 36.4 Å². The van der Waals surface area contributed by atoms with Crippen LogP contribution in [0.2, 0.25) is 0 Å². The van der Waals surface area contributed by atoms with E-state index in [0.29, 0.717) is 29.6 Å². The van der Waals surface area contributed by atoms with Gasteiger partial charge in [-0.25, -0.2) is 4.98 Å². The maximum absolute atomic E-state index is 10.2. The van der Waals surface area contributed by atoms with E-state index in [9.17, 15) is 5.11 Å². The summed E-state index contributed by atoms with van der Waals surface area (Å²) in [6, 6.07) is 17.2. The number of aliphatic hydroxyl groups excluding tert-OH is 1. The largest absolute Gasteiger partial charge is 0.507 e. The van der Waals surface area contributed by atoms with Gasteiger partial charge in [0.25, 0.3) is 5.95 Å². The van der Waals surface area contributed by atoms with Gasteiger partial charge in [0.2, 0.25) is 0 Å². The second-order valence-electron chi connectivity index (χ2n) is 5.79. The van der Waals surface area contributed by atoms with Gasteiger partial charge in [0.1, 0.15) is 23.9 Å². The predicted molar refractivity (Wildman–Crippen MR) is 98.8 cm³/mol. The lowest BCUT2D eigenvalue weighted by Crippen LogP contribution is -2.01. The first-order valence-electron chi connectivity index (χ1n) is 8.17. The van der Waals surface area contributed by atoms with Gasteiger partial charge >= 0.3 is 0 Å². The number of nitrogens with zero attached hydrogens (tertiary/aromatic N) is 1. The number of ether oxygens (including phenoxy) is 3. The molecule has 0 aliphatic carbocycles. The summed E-state index contributed by atoms with van der Waals surface area (Å²) in [6.07, 6.45) is 3.09. The molecule has 2 aromatic carbocycles. The van der Waals surface area contributed by atoms with Crippen molar-refractivity contribution in [3.05, 3.63) is 84.0 Å². The fourth-order valence-electron chi connectivity index (χ4n) is 2.72. The van der Waals surface area contributed by atoms with Crippen LogP contribution in [0.5, 0.6) is 11.5 Å². The molecule has 0 bridgehead atoms.